The first-order chi connectivity index (χ1) is 17.6. The first-order valence-corrected chi connectivity index (χ1v) is 15.1. The van der Waals surface area contributed by atoms with E-state index in [0.29, 0.717) is 19.6 Å². The van der Waals surface area contributed by atoms with Gasteiger partial charge in [-0.3, -0.25) is 9.69 Å². The zero-order chi connectivity index (χ0) is 27.0. The largest absolute Gasteiger partial charge is 0.482 e. The topological polar surface area (TPSA) is 114 Å². The maximum atomic E-state index is 13.2. The quantitative estimate of drug-likeness (QED) is 0.325. The van der Waals surface area contributed by atoms with E-state index in [-0.39, 0.29) is 84.5 Å². The van der Waals surface area contributed by atoms with Crippen molar-refractivity contribution in [3.05, 3.63) is 27.2 Å². The zero-order valence-electron chi connectivity index (χ0n) is 20.7. The van der Waals surface area contributed by atoms with Gasteiger partial charge in [-0.15, -0.1) is 0 Å². The number of benzene rings is 1. The average Bonchev–Trinajstić information content (AvgIpc) is 3.37. The van der Waals surface area contributed by atoms with Crippen LogP contribution in [0.3, 0.4) is 0 Å². The Kier molecular flexibility index (Phi) is 12.0. The molecule has 2 aliphatic heterocycles. The van der Waals surface area contributed by atoms with Crippen molar-refractivity contribution in [3.63, 3.8) is 0 Å². The van der Waals surface area contributed by atoms with Crippen LogP contribution in [0.4, 0.5) is 0 Å². The predicted octanol–water partition coefficient (Wildman–Crippen LogP) is 1.25. The van der Waals surface area contributed by atoms with Gasteiger partial charge in [-0.05, 0) is 32.0 Å². The van der Waals surface area contributed by atoms with E-state index in [4.69, 9.17) is 39.5 Å². The molecule has 10 nitrogen and oxygen atoms in total. The highest BCUT2D eigenvalue weighted by Gasteiger charge is 2.37. The molecule has 1 amide bonds. The Morgan fingerprint density at radius 1 is 0.973 bits per heavy atom. The molecule has 0 saturated carbocycles. The highest BCUT2D eigenvalue weighted by Crippen LogP contribution is 2.34. The molecule has 0 aliphatic carbocycles. The molecule has 3 rings (SSSR count). The van der Waals surface area contributed by atoms with Gasteiger partial charge < -0.3 is 24.7 Å². The summed E-state index contributed by atoms with van der Waals surface area (Å²) < 4.78 is 33.4. The lowest BCUT2D eigenvalue weighted by Gasteiger charge is -2.42. The summed E-state index contributed by atoms with van der Waals surface area (Å²) in [6.45, 7) is 3.31. The van der Waals surface area contributed by atoms with Crippen LogP contribution in [0.15, 0.2) is 12.1 Å². The smallest absolute Gasteiger partial charge is 0.260 e. The molecule has 1 aromatic carbocycles. The van der Waals surface area contributed by atoms with Gasteiger partial charge >= 0.3 is 0 Å². The van der Waals surface area contributed by atoms with Crippen LogP contribution < -0.4 is 4.74 Å². The average molecular weight is 602 g/mol. The molecule has 0 unspecified atom stereocenters. The summed E-state index contributed by atoms with van der Waals surface area (Å²) >= 11 is 18.2. The normalized spacial score (nSPS) is 19.6. The number of amides is 1. The number of piperazine rings is 1. The Morgan fingerprint density at radius 3 is 2.27 bits per heavy atom. The van der Waals surface area contributed by atoms with Crippen LogP contribution in [0.25, 0.3) is 0 Å². The van der Waals surface area contributed by atoms with Crippen LogP contribution in [0.5, 0.6) is 5.75 Å². The van der Waals surface area contributed by atoms with Gasteiger partial charge in [-0.25, -0.2) is 8.42 Å². The van der Waals surface area contributed by atoms with Gasteiger partial charge in [0.2, 0.25) is 10.0 Å². The van der Waals surface area contributed by atoms with Crippen molar-refractivity contribution >= 4 is 50.7 Å². The van der Waals surface area contributed by atoms with E-state index in [1.54, 1.807) is 9.80 Å². The Morgan fingerprint density at radius 2 is 1.62 bits per heavy atom. The fourth-order valence-electron chi connectivity index (χ4n) is 4.66. The van der Waals surface area contributed by atoms with Crippen molar-refractivity contribution in [2.75, 3.05) is 84.5 Å². The first kappa shape index (κ1) is 30.6. The Bertz CT molecular complexity index is 1010. The maximum Gasteiger partial charge on any atom is 0.260 e. The SMILES string of the molecule is O=C(COc1cc(Cl)c(Cl)cc1Cl)N1CCN(S(=O)(=O)CCN(CCO)CCO)C[C@@H]1CN1CCCC1. The van der Waals surface area contributed by atoms with Crippen LogP contribution in [0, 0.1) is 0 Å². The summed E-state index contributed by atoms with van der Waals surface area (Å²) in [6, 6.07) is 2.59. The summed E-state index contributed by atoms with van der Waals surface area (Å²) in [5.74, 6) is -0.145. The lowest BCUT2D eigenvalue weighted by atomic mass is 10.1. The summed E-state index contributed by atoms with van der Waals surface area (Å²) in [6.07, 6.45) is 2.15. The molecule has 1 aromatic rings. The molecule has 2 heterocycles. The third kappa shape index (κ3) is 8.81. The number of aliphatic hydroxyl groups excluding tert-OH is 2. The van der Waals surface area contributed by atoms with Crippen LogP contribution >= 0.6 is 34.8 Å². The van der Waals surface area contributed by atoms with Crippen molar-refractivity contribution in [3.8, 4) is 5.75 Å². The highest BCUT2D eigenvalue weighted by atomic mass is 35.5. The van der Waals surface area contributed by atoms with Gasteiger partial charge in [0.05, 0.1) is 40.1 Å². The molecular weight excluding hydrogens is 567 g/mol. The molecule has 0 spiro atoms. The molecule has 2 fully saturated rings. The van der Waals surface area contributed by atoms with Crippen molar-refractivity contribution in [1.29, 1.82) is 0 Å². The number of rotatable bonds is 13. The number of aliphatic hydroxyl groups is 2. The lowest BCUT2D eigenvalue weighted by molar-refractivity contribution is -0.138. The number of likely N-dealkylation sites (tertiary alicyclic amines) is 1. The monoisotopic (exact) mass is 600 g/mol. The third-order valence-electron chi connectivity index (χ3n) is 6.65. The second kappa shape index (κ2) is 14.5. The van der Waals surface area contributed by atoms with E-state index in [1.807, 2.05) is 0 Å². The number of ether oxygens (including phenoxy) is 1. The Balaban J connectivity index is 1.66. The number of sulfonamides is 1. The number of halogens is 3. The fraction of sp³-hybridized carbons (Fsp3) is 0.696. The van der Waals surface area contributed by atoms with Crippen molar-refractivity contribution in [1.82, 2.24) is 19.0 Å². The number of carbonyl (C=O) groups is 1. The third-order valence-corrected chi connectivity index (χ3v) is 9.49. The van der Waals surface area contributed by atoms with E-state index in [0.717, 1.165) is 25.9 Å². The zero-order valence-corrected chi connectivity index (χ0v) is 23.8. The minimum absolute atomic E-state index is 0.117. The van der Waals surface area contributed by atoms with Gasteiger partial charge in [0.25, 0.3) is 5.91 Å². The van der Waals surface area contributed by atoms with E-state index in [9.17, 15) is 23.4 Å². The van der Waals surface area contributed by atoms with Gasteiger partial charge in [0, 0.05) is 51.9 Å². The molecule has 210 valence electrons. The van der Waals surface area contributed by atoms with Crippen LogP contribution in [-0.2, 0) is 14.8 Å². The van der Waals surface area contributed by atoms with Crippen molar-refractivity contribution in [2.45, 2.75) is 18.9 Å². The van der Waals surface area contributed by atoms with E-state index < -0.39 is 10.0 Å². The molecular formula is C23H35Cl3N4O6S. The van der Waals surface area contributed by atoms with Crippen LogP contribution in [0.1, 0.15) is 12.8 Å². The molecule has 0 aromatic heterocycles. The number of nitrogens with zero attached hydrogens (tertiary/aromatic N) is 4. The Labute approximate surface area is 233 Å². The molecule has 2 N–H and O–H groups in total. The molecule has 0 bridgehead atoms. The van der Waals surface area contributed by atoms with Crippen LogP contribution in [-0.4, -0.2) is 134 Å². The summed E-state index contributed by atoms with van der Waals surface area (Å²) in [5.41, 5.74) is 0. The maximum absolute atomic E-state index is 13.2. The summed E-state index contributed by atoms with van der Waals surface area (Å²) in [4.78, 5) is 18.9. The van der Waals surface area contributed by atoms with Gasteiger partial charge in [-0.2, -0.15) is 4.31 Å². The van der Waals surface area contributed by atoms with Gasteiger partial charge in [0.15, 0.2) is 6.61 Å². The summed E-state index contributed by atoms with van der Waals surface area (Å²) in [7, 11) is -3.60. The number of hydrogen-bond donors (Lipinski definition) is 2. The molecule has 14 heteroatoms. The Hall–Kier alpha value is -0.890. The van der Waals surface area contributed by atoms with Crippen LogP contribution in [0.2, 0.25) is 15.1 Å². The molecule has 37 heavy (non-hydrogen) atoms. The second-order valence-corrected chi connectivity index (χ2v) is 12.5. The van der Waals surface area contributed by atoms with E-state index in [2.05, 4.69) is 4.90 Å². The molecule has 0 radical (unpaired) electrons. The first-order valence-electron chi connectivity index (χ1n) is 12.4. The molecule has 2 aliphatic rings. The fourth-order valence-corrected chi connectivity index (χ4v) is 6.75. The van der Waals surface area contributed by atoms with Crippen molar-refractivity contribution < 1.29 is 28.2 Å². The number of hydrogen-bond acceptors (Lipinski definition) is 8. The minimum atomic E-state index is -3.60. The minimum Gasteiger partial charge on any atom is -0.482 e. The molecule has 1 atom stereocenters. The standard InChI is InChI=1S/C23H35Cl3N4O6S/c24-19-13-21(26)22(14-20(19)25)36-17-23(33)30-6-5-29(16-18(30)15-28-3-1-2-4-28)37(34,35)12-9-27(7-10-31)8-11-32/h13-14,18,31-32H,1-12,15-17H2/t18-/m0/s1. The van der Waals surface area contributed by atoms with Gasteiger partial charge in [-0.1, -0.05) is 34.8 Å². The van der Waals surface area contributed by atoms with E-state index in [1.165, 1.54) is 16.4 Å². The van der Waals surface area contributed by atoms with Gasteiger partial charge in [0.1, 0.15) is 5.75 Å². The molecule has 2 saturated heterocycles. The second-order valence-electron chi connectivity index (χ2n) is 9.20. The number of carbonyl (C=O) groups excluding carboxylic acids is 1. The van der Waals surface area contributed by atoms with E-state index >= 15 is 0 Å². The predicted molar refractivity (Wildman–Crippen MR) is 144 cm³/mol. The van der Waals surface area contributed by atoms with Crippen molar-refractivity contribution in [2.24, 2.45) is 0 Å². The summed E-state index contributed by atoms with van der Waals surface area (Å²) in [5, 5.41) is 19.2. The highest BCUT2D eigenvalue weighted by molar-refractivity contribution is 7.89. The lowest BCUT2D eigenvalue weighted by Crippen LogP contribution is -2.60.